The summed E-state index contributed by atoms with van der Waals surface area (Å²) in [5.74, 6) is -0.859. The molecule has 1 heterocycles. The predicted molar refractivity (Wildman–Crippen MR) is 70.1 cm³/mol. The number of carbonyl (C=O) groups is 1. The van der Waals surface area contributed by atoms with Crippen LogP contribution in [0.15, 0.2) is 24.3 Å². The van der Waals surface area contributed by atoms with Gasteiger partial charge in [0, 0.05) is 0 Å². The van der Waals surface area contributed by atoms with E-state index in [9.17, 15) is 4.79 Å². The van der Waals surface area contributed by atoms with E-state index in [1.54, 1.807) is 12.1 Å². The highest BCUT2D eigenvalue weighted by atomic mass is 35.5. The Labute approximate surface area is 108 Å². The monoisotopic (exact) mass is 255 g/mol. The zero-order valence-corrected chi connectivity index (χ0v) is 10.7. The van der Waals surface area contributed by atoms with Crippen LogP contribution in [0.2, 0.25) is 0 Å². The molecule has 0 bridgehead atoms. The average Bonchev–Trinajstić information content (AvgIpc) is 2.30. The van der Waals surface area contributed by atoms with Gasteiger partial charge >= 0.3 is 5.97 Å². The highest BCUT2D eigenvalue weighted by molar-refractivity contribution is 5.87. The molecule has 0 atom stereocenters. The fourth-order valence-corrected chi connectivity index (χ4v) is 2.28. The second-order valence-corrected chi connectivity index (χ2v) is 4.69. The van der Waals surface area contributed by atoms with Crippen molar-refractivity contribution in [2.45, 2.75) is 25.2 Å². The minimum absolute atomic E-state index is 0. The van der Waals surface area contributed by atoms with Crippen molar-refractivity contribution in [3.63, 3.8) is 0 Å². The molecular weight excluding hydrogens is 238 g/mol. The molecule has 3 nitrogen and oxygen atoms in total. The average molecular weight is 256 g/mol. The Morgan fingerprint density at radius 2 is 1.76 bits per heavy atom. The summed E-state index contributed by atoms with van der Waals surface area (Å²) in [6.45, 7) is 4.33. The number of halogens is 1. The van der Waals surface area contributed by atoms with Gasteiger partial charge in [-0.05, 0) is 49.0 Å². The van der Waals surface area contributed by atoms with Crippen LogP contribution in [0.25, 0.3) is 0 Å². The molecule has 0 unspecified atom stereocenters. The Bertz CT molecular complexity index is 383. The quantitative estimate of drug-likeness (QED) is 0.854. The van der Waals surface area contributed by atoms with Gasteiger partial charge in [-0.2, -0.15) is 0 Å². The molecule has 0 radical (unpaired) electrons. The maximum atomic E-state index is 10.8. The summed E-state index contributed by atoms with van der Waals surface area (Å²) in [7, 11) is 0. The van der Waals surface area contributed by atoms with Gasteiger partial charge in [0.05, 0.1) is 5.56 Å². The Balaban J connectivity index is 0.00000144. The number of hydrogen-bond donors (Lipinski definition) is 2. The molecule has 1 aromatic rings. The standard InChI is InChI=1S/C13H17NO2.ClH/c1-13(6-8-14-9-7-13)11-4-2-10(3-5-11)12(15)16;/h2-5,14H,6-9H2,1H3,(H,15,16);1H. The third-order valence-corrected chi connectivity index (χ3v) is 3.54. The van der Waals surface area contributed by atoms with Crippen molar-refractivity contribution >= 4 is 18.4 Å². The molecule has 0 saturated carbocycles. The van der Waals surface area contributed by atoms with E-state index in [4.69, 9.17) is 5.11 Å². The molecule has 0 amide bonds. The molecule has 0 aromatic heterocycles. The summed E-state index contributed by atoms with van der Waals surface area (Å²) >= 11 is 0. The van der Waals surface area contributed by atoms with Gasteiger partial charge in [0.1, 0.15) is 0 Å². The van der Waals surface area contributed by atoms with Crippen LogP contribution in [0, 0.1) is 0 Å². The molecule has 1 fully saturated rings. The first kappa shape index (κ1) is 14.0. The first-order chi connectivity index (χ1) is 7.62. The molecule has 1 saturated heterocycles. The van der Waals surface area contributed by atoms with Gasteiger partial charge in [0.15, 0.2) is 0 Å². The number of carboxylic acid groups (broad SMARTS) is 1. The minimum atomic E-state index is -0.859. The van der Waals surface area contributed by atoms with E-state index in [0.717, 1.165) is 25.9 Å². The largest absolute Gasteiger partial charge is 0.478 e. The maximum absolute atomic E-state index is 10.8. The molecule has 94 valence electrons. The summed E-state index contributed by atoms with van der Waals surface area (Å²) in [6.07, 6.45) is 2.22. The molecule has 4 heteroatoms. The van der Waals surface area contributed by atoms with Gasteiger partial charge < -0.3 is 10.4 Å². The smallest absolute Gasteiger partial charge is 0.335 e. The fraction of sp³-hybridized carbons (Fsp3) is 0.462. The number of benzene rings is 1. The van der Waals surface area contributed by atoms with Crippen molar-refractivity contribution in [1.82, 2.24) is 5.32 Å². The van der Waals surface area contributed by atoms with Gasteiger partial charge in [-0.1, -0.05) is 19.1 Å². The molecule has 0 aliphatic carbocycles. The van der Waals surface area contributed by atoms with Crippen LogP contribution in [0.1, 0.15) is 35.7 Å². The van der Waals surface area contributed by atoms with Crippen LogP contribution >= 0.6 is 12.4 Å². The Kier molecular flexibility index (Phi) is 4.54. The highest BCUT2D eigenvalue weighted by Crippen LogP contribution is 2.32. The maximum Gasteiger partial charge on any atom is 0.335 e. The van der Waals surface area contributed by atoms with Gasteiger partial charge in [0.25, 0.3) is 0 Å². The van der Waals surface area contributed by atoms with Crippen LogP contribution in [0.4, 0.5) is 0 Å². The number of piperidine rings is 1. The number of aromatic carboxylic acids is 1. The van der Waals surface area contributed by atoms with E-state index in [2.05, 4.69) is 12.2 Å². The second-order valence-electron chi connectivity index (χ2n) is 4.69. The van der Waals surface area contributed by atoms with E-state index >= 15 is 0 Å². The van der Waals surface area contributed by atoms with Crippen LogP contribution < -0.4 is 5.32 Å². The third kappa shape index (κ3) is 2.99. The lowest BCUT2D eigenvalue weighted by molar-refractivity contribution is 0.0697. The topological polar surface area (TPSA) is 49.3 Å². The van der Waals surface area contributed by atoms with Gasteiger partial charge in [-0.3, -0.25) is 0 Å². The van der Waals surface area contributed by atoms with Crippen molar-refractivity contribution in [2.24, 2.45) is 0 Å². The van der Waals surface area contributed by atoms with Crippen LogP contribution in [-0.2, 0) is 5.41 Å². The molecule has 2 N–H and O–H groups in total. The van der Waals surface area contributed by atoms with Crippen molar-refractivity contribution in [2.75, 3.05) is 13.1 Å². The van der Waals surface area contributed by atoms with E-state index in [-0.39, 0.29) is 17.8 Å². The molecule has 2 rings (SSSR count). The van der Waals surface area contributed by atoms with Crippen molar-refractivity contribution in [3.05, 3.63) is 35.4 Å². The van der Waals surface area contributed by atoms with Crippen molar-refractivity contribution < 1.29 is 9.90 Å². The van der Waals surface area contributed by atoms with E-state index in [1.165, 1.54) is 5.56 Å². The van der Waals surface area contributed by atoms with Crippen LogP contribution in [0.3, 0.4) is 0 Å². The number of hydrogen-bond acceptors (Lipinski definition) is 2. The summed E-state index contributed by atoms with van der Waals surface area (Å²) in [6, 6.07) is 7.31. The molecular formula is C13H18ClNO2. The third-order valence-electron chi connectivity index (χ3n) is 3.54. The lowest BCUT2D eigenvalue weighted by Gasteiger charge is -2.34. The van der Waals surface area contributed by atoms with E-state index < -0.39 is 5.97 Å². The second kappa shape index (κ2) is 5.52. The minimum Gasteiger partial charge on any atom is -0.478 e. The van der Waals surface area contributed by atoms with Crippen LogP contribution in [0.5, 0.6) is 0 Å². The molecule has 17 heavy (non-hydrogen) atoms. The van der Waals surface area contributed by atoms with Crippen molar-refractivity contribution in [3.8, 4) is 0 Å². The van der Waals surface area contributed by atoms with Crippen molar-refractivity contribution in [1.29, 1.82) is 0 Å². The zero-order chi connectivity index (χ0) is 11.6. The first-order valence-corrected chi connectivity index (χ1v) is 5.66. The Morgan fingerprint density at radius 1 is 1.24 bits per heavy atom. The molecule has 1 aromatic carbocycles. The summed E-state index contributed by atoms with van der Waals surface area (Å²) < 4.78 is 0. The molecule has 0 spiro atoms. The number of carboxylic acids is 1. The summed E-state index contributed by atoms with van der Waals surface area (Å²) in [4.78, 5) is 10.8. The number of nitrogens with one attached hydrogen (secondary N) is 1. The summed E-state index contributed by atoms with van der Waals surface area (Å²) in [5.41, 5.74) is 1.81. The number of rotatable bonds is 2. The SMILES string of the molecule is CC1(c2ccc(C(=O)O)cc2)CCNCC1.Cl. The van der Waals surface area contributed by atoms with E-state index in [1.807, 2.05) is 12.1 Å². The van der Waals surface area contributed by atoms with E-state index in [0.29, 0.717) is 5.56 Å². The lowest BCUT2D eigenvalue weighted by atomic mass is 9.75. The highest BCUT2D eigenvalue weighted by Gasteiger charge is 2.28. The first-order valence-electron chi connectivity index (χ1n) is 5.66. The van der Waals surface area contributed by atoms with Crippen LogP contribution in [-0.4, -0.2) is 24.2 Å². The molecule has 1 aliphatic heterocycles. The van der Waals surface area contributed by atoms with Gasteiger partial charge in [-0.15, -0.1) is 12.4 Å². The fourth-order valence-electron chi connectivity index (χ4n) is 2.28. The summed E-state index contributed by atoms with van der Waals surface area (Å²) in [5, 5.41) is 12.2. The Morgan fingerprint density at radius 3 is 2.24 bits per heavy atom. The predicted octanol–water partition coefficient (Wildman–Crippen LogP) is 2.45. The van der Waals surface area contributed by atoms with Gasteiger partial charge in [-0.25, -0.2) is 4.79 Å². The normalized spacial score (nSPS) is 18.2. The lowest BCUT2D eigenvalue weighted by Crippen LogP contribution is -2.37. The van der Waals surface area contributed by atoms with Gasteiger partial charge in [0.2, 0.25) is 0 Å². The zero-order valence-electron chi connectivity index (χ0n) is 9.90. The Hall–Kier alpha value is -1.06. The molecule has 1 aliphatic rings.